The molecule has 1 amide bonds. The molecule has 1 saturated heterocycles. The van der Waals surface area contributed by atoms with E-state index < -0.39 is 0 Å². The molecule has 3 N–H and O–H groups in total. The number of benzene rings is 1. The first-order valence-electron chi connectivity index (χ1n) is 9.77. The van der Waals surface area contributed by atoms with E-state index >= 15 is 0 Å². The zero-order valence-electron chi connectivity index (χ0n) is 16.2. The average molecular weight is 417 g/mol. The molecule has 3 heterocycles. The fraction of sp³-hybridized carbons (Fsp3) is 0.450. The Hall–Kier alpha value is -2.65. The van der Waals surface area contributed by atoms with Crippen LogP contribution >= 0.6 is 12.2 Å². The number of ether oxygens (including phenoxy) is 2. The molecule has 154 valence electrons. The van der Waals surface area contributed by atoms with Crippen molar-refractivity contribution in [2.45, 2.75) is 38.3 Å². The first-order chi connectivity index (χ1) is 14.1. The molecule has 0 radical (unpaired) electrons. The van der Waals surface area contributed by atoms with Gasteiger partial charge in [0.25, 0.3) is 5.56 Å². The van der Waals surface area contributed by atoms with Gasteiger partial charge in [-0.2, -0.15) is 0 Å². The van der Waals surface area contributed by atoms with E-state index in [2.05, 4.69) is 15.3 Å². The van der Waals surface area contributed by atoms with Crippen LogP contribution < -0.4 is 15.6 Å². The van der Waals surface area contributed by atoms with Crippen molar-refractivity contribution in [3.8, 4) is 5.75 Å². The minimum atomic E-state index is -0.196. The molecule has 9 heteroatoms. The molecule has 0 saturated carbocycles. The Morgan fingerprint density at radius 1 is 1.38 bits per heavy atom. The van der Waals surface area contributed by atoms with Crippen LogP contribution in [-0.4, -0.2) is 46.8 Å². The van der Waals surface area contributed by atoms with E-state index in [9.17, 15) is 9.59 Å². The molecular formula is C20H24N4O4S. The van der Waals surface area contributed by atoms with Gasteiger partial charge in [0.2, 0.25) is 5.91 Å². The molecular weight excluding hydrogens is 392 g/mol. The van der Waals surface area contributed by atoms with Crippen molar-refractivity contribution < 1.29 is 14.3 Å². The van der Waals surface area contributed by atoms with Gasteiger partial charge in [0.05, 0.1) is 18.7 Å². The Morgan fingerprint density at radius 2 is 2.24 bits per heavy atom. The van der Waals surface area contributed by atoms with E-state index in [1.54, 1.807) is 7.11 Å². The highest BCUT2D eigenvalue weighted by atomic mass is 32.1. The molecule has 29 heavy (non-hydrogen) atoms. The molecule has 1 aliphatic rings. The third kappa shape index (κ3) is 4.06. The largest absolute Gasteiger partial charge is 0.497 e. The summed E-state index contributed by atoms with van der Waals surface area (Å²) in [6.07, 6.45) is 3.01. The van der Waals surface area contributed by atoms with E-state index in [1.165, 1.54) is 4.57 Å². The van der Waals surface area contributed by atoms with Gasteiger partial charge in [-0.15, -0.1) is 0 Å². The van der Waals surface area contributed by atoms with Gasteiger partial charge in [-0.25, -0.2) is 0 Å². The number of amides is 1. The smallest absolute Gasteiger partial charge is 0.278 e. The van der Waals surface area contributed by atoms with Crippen molar-refractivity contribution in [1.29, 1.82) is 0 Å². The van der Waals surface area contributed by atoms with Crippen LogP contribution in [0.4, 0.5) is 0 Å². The van der Waals surface area contributed by atoms with Crippen LogP contribution in [0.3, 0.4) is 0 Å². The van der Waals surface area contributed by atoms with E-state index in [0.29, 0.717) is 47.5 Å². The Morgan fingerprint density at radius 3 is 3.00 bits per heavy atom. The summed E-state index contributed by atoms with van der Waals surface area (Å²) in [5, 5.41) is 3.75. The van der Waals surface area contributed by atoms with Gasteiger partial charge in [0, 0.05) is 37.0 Å². The fourth-order valence-electron chi connectivity index (χ4n) is 3.71. The number of rotatable bonds is 7. The Kier molecular flexibility index (Phi) is 5.68. The summed E-state index contributed by atoms with van der Waals surface area (Å²) < 4.78 is 12.6. The van der Waals surface area contributed by atoms with Crippen molar-refractivity contribution in [1.82, 2.24) is 19.9 Å². The van der Waals surface area contributed by atoms with Crippen LogP contribution in [0.25, 0.3) is 21.9 Å². The predicted octanol–water partition coefficient (Wildman–Crippen LogP) is 2.62. The predicted molar refractivity (Wildman–Crippen MR) is 113 cm³/mol. The van der Waals surface area contributed by atoms with Crippen molar-refractivity contribution in [2.75, 3.05) is 20.3 Å². The van der Waals surface area contributed by atoms with E-state index in [1.807, 2.05) is 18.2 Å². The molecule has 2 aromatic heterocycles. The highest BCUT2D eigenvalue weighted by Gasteiger charge is 2.16. The molecule has 1 aliphatic heterocycles. The zero-order valence-corrected chi connectivity index (χ0v) is 17.1. The molecule has 1 aromatic carbocycles. The minimum Gasteiger partial charge on any atom is -0.497 e. The first kappa shape index (κ1) is 19.7. The Bertz CT molecular complexity index is 1160. The number of methoxy groups -OCH3 is 1. The number of fused-ring (bicyclic) bond motifs is 3. The second-order valence-electron chi connectivity index (χ2n) is 7.22. The third-order valence-corrected chi connectivity index (χ3v) is 5.60. The zero-order chi connectivity index (χ0) is 20.4. The van der Waals surface area contributed by atoms with Gasteiger partial charge < -0.3 is 24.8 Å². The van der Waals surface area contributed by atoms with Crippen molar-refractivity contribution in [3.63, 3.8) is 0 Å². The Balaban J connectivity index is 1.47. The molecule has 0 spiro atoms. The molecule has 1 fully saturated rings. The highest BCUT2D eigenvalue weighted by Crippen LogP contribution is 2.25. The molecule has 4 rings (SSSR count). The van der Waals surface area contributed by atoms with E-state index in [0.717, 1.165) is 30.4 Å². The van der Waals surface area contributed by atoms with Gasteiger partial charge in [-0.3, -0.25) is 14.2 Å². The topological polar surface area (TPSA) is 101 Å². The van der Waals surface area contributed by atoms with Crippen LogP contribution in [0.2, 0.25) is 0 Å². The van der Waals surface area contributed by atoms with E-state index in [-0.39, 0.29) is 17.6 Å². The normalized spacial score (nSPS) is 16.5. The summed E-state index contributed by atoms with van der Waals surface area (Å²) >= 11 is 5.41. The number of aromatic nitrogens is 3. The molecule has 8 nitrogen and oxygen atoms in total. The molecule has 0 aliphatic carbocycles. The lowest BCUT2D eigenvalue weighted by Gasteiger charge is -2.11. The van der Waals surface area contributed by atoms with Crippen molar-refractivity contribution >= 4 is 40.1 Å². The lowest BCUT2D eigenvalue weighted by atomic mass is 10.2. The summed E-state index contributed by atoms with van der Waals surface area (Å²) in [7, 11) is 1.60. The van der Waals surface area contributed by atoms with Gasteiger partial charge in [-0.05, 0) is 49.7 Å². The second-order valence-corrected chi connectivity index (χ2v) is 7.60. The van der Waals surface area contributed by atoms with Crippen LogP contribution in [0.1, 0.15) is 25.7 Å². The van der Waals surface area contributed by atoms with Crippen LogP contribution in [0.15, 0.2) is 23.0 Å². The summed E-state index contributed by atoms with van der Waals surface area (Å²) in [5.41, 5.74) is 1.76. The lowest BCUT2D eigenvalue weighted by Crippen LogP contribution is -2.32. The second kappa shape index (κ2) is 8.38. The maximum absolute atomic E-state index is 12.9. The highest BCUT2D eigenvalue weighted by molar-refractivity contribution is 7.71. The minimum absolute atomic E-state index is 0.0396. The SMILES string of the molecule is COc1ccc2[nH]c3c(=O)n(CCCC(=O)NC[C@H]4CCCO4)c(=S)[nH]c3c2c1. The first-order valence-corrected chi connectivity index (χ1v) is 10.2. The van der Waals surface area contributed by atoms with Gasteiger partial charge >= 0.3 is 0 Å². The van der Waals surface area contributed by atoms with Gasteiger partial charge in [0.1, 0.15) is 11.3 Å². The van der Waals surface area contributed by atoms with Crippen molar-refractivity contribution in [2.24, 2.45) is 0 Å². The Labute approximate surface area is 172 Å². The monoisotopic (exact) mass is 416 g/mol. The van der Waals surface area contributed by atoms with Crippen LogP contribution in [0.5, 0.6) is 5.75 Å². The number of nitrogens with zero attached hydrogens (tertiary/aromatic N) is 1. The summed E-state index contributed by atoms with van der Waals surface area (Å²) in [5.74, 6) is 0.665. The van der Waals surface area contributed by atoms with E-state index in [4.69, 9.17) is 21.7 Å². The maximum atomic E-state index is 12.9. The van der Waals surface area contributed by atoms with Crippen molar-refractivity contribution in [3.05, 3.63) is 33.3 Å². The number of nitrogens with one attached hydrogen (secondary N) is 3. The van der Waals surface area contributed by atoms with Gasteiger partial charge in [-0.1, -0.05) is 0 Å². The quantitative estimate of drug-likeness (QED) is 0.514. The lowest BCUT2D eigenvalue weighted by molar-refractivity contribution is -0.121. The van der Waals surface area contributed by atoms with Crippen LogP contribution in [-0.2, 0) is 16.1 Å². The number of hydrogen-bond acceptors (Lipinski definition) is 5. The summed E-state index contributed by atoms with van der Waals surface area (Å²) in [4.78, 5) is 31.3. The number of carbonyl (C=O) groups is 1. The van der Waals surface area contributed by atoms with Gasteiger partial charge in [0.15, 0.2) is 4.77 Å². The summed E-state index contributed by atoms with van der Waals surface area (Å²) in [6, 6.07) is 5.56. The molecule has 0 unspecified atom stereocenters. The van der Waals surface area contributed by atoms with Crippen LogP contribution in [0, 0.1) is 4.77 Å². The number of aromatic amines is 2. The number of hydrogen-bond donors (Lipinski definition) is 3. The molecule has 0 bridgehead atoms. The average Bonchev–Trinajstić information content (AvgIpc) is 3.36. The number of carbonyl (C=O) groups excluding carboxylic acids is 1. The third-order valence-electron chi connectivity index (χ3n) is 5.28. The summed E-state index contributed by atoms with van der Waals surface area (Å²) in [6.45, 7) is 1.68. The fourth-order valence-corrected chi connectivity index (χ4v) is 3.99. The molecule has 1 atom stereocenters. The number of H-pyrrole nitrogens is 2. The maximum Gasteiger partial charge on any atom is 0.278 e. The molecule has 3 aromatic rings. The standard InChI is InChI=1S/C20H24N4O4S/c1-27-12-6-7-15-14(10-12)17-18(22-15)19(26)24(20(29)23-17)8-2-5-16(25)21-11-13-4-3-9-28-13/h6-7,10,13,22H,2-5,8-9,11H2,1H3,(H,21,25)(H,23,29)/t13-/m1/s1.